The molecule has 2 aromatic carbocycles. The van der Waals surface area contributed by atoms with E-state index in [4.69, 9.17) is 0 Å². The van der Waals surface area contributed by atoms with Crippen molar-refractivity contribution in [3.63, 3.8) is 0 Å². The van der Waals surface area contributed by atoms with E-state index in [9.17, 15) is 13.2 Å². The lowest BCUT2D eigenvalue weighted by atomic mass is 10.1. The highest BCUT2D eigenvalue weighted by Gasteiger charge is 2.12. The van der Waals surface area contributed by atoms with E-state index in [2.05, 4.69) is 17.0 Å². The molecule has 0 aliphatic heterocycles. The van der Waals surface area contributed by atoms with Crippen LogP contribution >= 0.6 is 0 Å². The summed E-state index contributed by atoms with van der Waals surface area (Å²) in [5.74, 6) is -0.342. The van der Waals surface area contributed by atoms with Crippen LogP contribution in [0.3, 0.4) is 0 Å². The second kappa shape index (κ2) is 9.31. The SMILES string of the molecule is CCc1ccc(C=CC(=O)NCc2ccccc2CS(=O)(=O)NC)cc1. The standard InChI is InChI=1S/C20H24N2O3S/c1-3-16-8-10-17(11-9-16)12-13-20(23)22-14-18-6-4-5-7-19(18)15-26(24,25)21-2/h4-13,21H,3,14-15H2,1-2H3,(H,22,23). The third kappa shape index (κ3) is 6.13. The van der Waals surface area contributed by atoms with Crippen molar-refractivity contribution in [1.29, 1.82) is 0 Å². The summed E-state index contributed by atoms with van der Waals surface area (Å²) in [7, 11) is -1.98. The second-order valence-corrected chi connectivity index (χ2v) is 7.80. The average molecular weight is 372 g/mol. The molecule has 26 heavy (non-hydrogen) atoms. The summed E-state index contributed by atoms with van der Waals surface area (Å²) in [6.45, 7) is 2.37. The Balaban J connectivity index is 1.97. The molecule has 0 aliphatic carbocycles. The Morgan fingerprint density at radius 1 is 1.04 bits per heavy atom. The molecule has 0 heterocycles. The Hall–Kier alpha value is -2.44. The zero-order valence-corrected chi connectivity index (χ0v) is 15.8. The first kappa shape index (κ1) is 19.9. The predicted octanol–water partition coefficient (Wildman–Crippen LogP) is 2.63. The number of benzene rings is 2. The Morgan fingerprint density at radius 3 is 2.31 bits per heavy atom. The lowest BCUT2D eigenvalue weighted by molar-refractivity contribution is -0.116. The van der Waals surface area contributed by atoms with E-state index in [-0.39, 0.29) is 18.2 Å². The minimum atomic E-state index is -3.36. The summed E-state index contributed by atoms with van der Waals surface area (Å²) >= 11 is 0. The van der Waals surface area contributed by atoms with Gasteiger partial charge in [-0.3, -0.25) is 4.79 Å². The summed E-state index contributed by atoms with van der Waals surface area (Å²) in [6, 6.07) is 15.2. The molecule has 0 radical (unpaired) electrons. The average Bonchev–Trinajstić information content (AvgIpc) is 2.66. The largest absolute Gasteiger partial charge is 0.348 e. The molecule has 0 spiro atoms. The van der Waals surface area contributed by atoms with Crippen LogP contribution in [0.4, 0.5) is 0 Å². The smallest absolute Gasteiger partial charge is 0.244 e. The van der Waals surface area contributed by atoms with E-state index in [0.29, 0.717) is 5.56 Å². The van der Waals surface area contributed by atoms with Gasteiger partial charge in [-0.05, 0) is 41.8 Å². The van der Waals surface area contributed by atoms with Gasteiger partial charge in [-0.25, -0.2) is 13.1 Å². The van der Waals surface area contributed by atoms with Gasteiger partial charge in [0.25, 0.3) is 0 Å². The van der Waals surface area contributed by atoms with E-state index in [1.54, 1.807) is 18.2 Å². The molecule has 5 nitrogen and oxygen atoms in total. The molecule has 2 N–H and O–H groups in total. The molecule has 6 heteroatoms. The number of hydrogen-bond acceptors (Lipinski definition) is 3. The Bertz CT molecular complexity index is 872. The fourth-order valence-electron chi connectivity index (χ4n) is 2.43. The van der Waals surface area contributed by atoms with Gasteiger partial charge in [-0.2, -0.15) is 0 Å². The summed E-state index contributed by atoms with van der Waals surface area (Å²) in [5, 5.41) is 2.79. The van der Waals surface area contributed by atoms with Crippen molar-refractivity contribution < 1.29 is 13.2 Å². The first-order chi connectivity index (χ1) is 12.4. The highest BCUT2D eigenvalue weighted by Crippen LogP contribution is 2.12. The van der Waals surface area contributed by atoms with Crippen LogP contribution in [0.2, 0.25) is 0 Å². The van der Waals surface area contributed by atoms with E-state index in [1.165, 1.54) is 18.7 Å². The maximum Gasteiger partial charge on any atom is 0.244 e. The van der Waals surface area contributed by atoms with Crippen molar-refractivity contribution >= 4 is 22.0 Å². The number of sulfonamides is 1. The quantitative estimate of drug-likeness (QED) is 0.700. The molecule has 0 saturated carbocycles. The molecule has 0 saturated heterocycles. The number of carbonyl (C=O) groups excluding carboxylic acids is 1. The third-order valence-electron chi connectivity index (χ3n) is 4.04. The maximum atomic E-state index is 12.0. The molecule has 2 aromatic rings. The van der Waals surface area contributed by atoms with Crippen LogP contribution in [0.25, 0.3) is 6.08 Å². The number of amides is 1. The molecule has 138 valence electrons. The minimum Gasteiger partial charge on any atom is -0.348 e. The van der Waals surface area contributed by atoms with Crippen molar-refractivity contribution in [3.05, 3.63) is 76.9 Å². The van der Waals surface area contributed by atoms with Crippen LogP contribution in [0.15, 0.2) is 54.6 Å². The Kier molecular flexibility index (Phi) is 7.12. The van der Waals surface area contributed by atoms with Gasteiger partial charge >= 0.3 is 0 Å². The number of nitrogens with one attached hydrogen (secondary N) is 2. The normalized spacial score (nSPS) is 11.6. The third-order valence-corrected chi connectivity index (χ3v) is 5.36. The fourth-order valence-corrected chi connectivity index (χ4v) is 3.26. The van der Waals surface area contributed by atoms with Crippen molar-refractivity contribution in [2.24, 2.45) is 0 Å². The lowest BCUT2D eigenvalue weighted by Gasteiger charge is -2.10. The Morgan fingerprint density at radius 2 is 1.69 bits per heavy atom. The van der Waals surface area contributed by atoms with Crippen molar-refractivity contribution in [3.8, 4) is 0 Å². The van der Waals surface area contributed by atoms with Crippen LogP contribution < -0.4 is 10.0 Å². The summed E-state index contributed by atoms with van der Waals surface area (Å²) < 4.78 is 25.8. The lowest BCUT2D eigenvalue weighted by Crippen LogP contribution is -2.24. The topological polar surface area (TPSA) is 75.3 Å². The highest BCUT2D eigenvalue weighted by atomic mass is 32.2. The zero-order chi connectivity index (χ0) is 19.0. The van der Waals surface area contributed by atoms with Gasteiger partial charge in [0, 0.05) is 12.6 Å². The molecule has 0 unspecified atom stereocenters. The van der Waals surface area contributed by atoms with Gasteiger partial charge in [0.2, 0.25) is 15.9 Å². The summed E-state index contributed by atoms with van der Waals surface area (Å²) in [6.07, 6.45) is 4.22. The first-order valence-corrected chi connectivity index (χ1v) is 10.1. The second-order valence-electron chi connectivity index (χ2n) is 5.88. The van der Waals surface area contributed by atoms with Crippen molar-refractivity contribution in [2.75, 3.05) is 7.05 Å². The van der Waals surface area contributed by atoms with E-state index in [1.807, 2.05) is 36.4 Å². The van der Waals surface area contributed by atoms with Gasteiger partial charge in [0.1, 0.15) is 0 Å². The first-order valence-electron chi connectivity index (χ1n) is 8.46. The van der Waals surface area contributed by atoms with Gasteiger partial charge in [-0.1, -0.05) is 55.5 Å². The highest BCUT2D eigenvalue weighted by molar-refractivity contribution is 7.88. The maximum absolute atomic E-state index is 12.0. The molecule has 0 aliphatic rings. The Labute approximate surface area is 155 Å². The van der Waals surface area contributed by atoms with E-state index >= 15 is 0 Å². The molecule has 0 aromatic heterocycles. The van der Waals surface area contributed by atoms with Gasteiger partial charge in [0.15, 0.2) is 0 Å². The molecule has 0 bridgehead atoms. The fraction of sp³-hybridized carbons (Fsp3) is 0.250. The van der Waals surface area contributed by atoms with Crippen LogP contribution in [0, 0.1) is 0 Å². The molecular weight excluding hydrogens is 348 g/mol. The van der Waals surface area contributed by atoms with Crippen molar-refractivity contribution in [1.82, 2.24) is 10.0 Å². The van der Waals surface area contributed by atoms with Crippen LogP contribution in [-0.2, 0) is 33.5 Å². The predicted molar refractivity (Wildman–Crippen MR) is 105 cm³/mol. The number of carbonyl (C=O) groups is 1. The van der Waals surface area contributed by atoms with E-state index < -0.39 is 10.0 Å². The number of aryl methyl sites for hydroxylation is 1. The van der Waals surface area contributed by atoms with Gasteiger partial charge in [-0.15, -0.1) is 0 Å². The molecule has 1 amide bonds. The number of rotatable bonds is 8. The monoisotopic (exact) mass is 372 g/mol. The zero-order valence-electron chi connectivity index (χ0n) is 15.0. The van der Waals surface area contributed by atoms with Gasteiger partial charge < -0.3 is 5.32 Å². The summed E-state index contributed by atoms with van der Waals surface area (Å²) in [5.41, 5.74) is 3.65. The number of hydrogen-bond donors (Lipinski definition) is 2. The van der Waals surface area contributed by atoms with Crippen LogP contribution in [-0.4, -0.2) is 21.4 Å². The van der Waals surface area contributed by atoms with E-state index in [0.717, 1.165) is 17.5 Å². The van der Waals surface area contributed by atoms with Crippen LogP contribution in [0.5, 0.6) is 0 Å². The molecule has 0 atom stereocenters. The van der Waals surface area contributed by atoms with Crippen LogP contribution in [0.1, 0.15) is 29.2 Å². The molecular formula is C20H24N2O3S. The van der Waals surface area contributed by atoms with Crippen molar-refractivity contribution in [2.45, 2.75) is 25.6 Å². The summed E-state index contributed by atoms with van der Waals surface area (Å²) in [4.78, 5) is 12.0. The molecule has 0 fully saturated rings. The minimum absolute atomic E-state index is 0.116. The van der Waals surface area contributed by atoms with Gasteiger partial charge in [0.05, 0.1) is 5.75 Å². The molecule has 2 rings (SSSR count).